The molecule has 6 nitrogen and oxygen atoms in total. The minimum absolute atomic E-state index is 0.00845. The predicted octanol–water partition coefficient (Wildman–Crippen LogP) is 2.35. The minimum atomic E-state index is -2.90. The number of hydrogen-bond donors (Lipinski definition) is 1. The van der Waals surface area contributed by atoms with Gasteiger partial charge in [0.2, 0.25) is 0 Å². The number of anilines is 1. The molecule has 0 radical (unpaired) electrons. The Morgan fingerprint density at radius 1 is 1.32 bits per heavy atom. The van der Waals surface area contributed by atoms with Crippen molar-refractivity contribution in [1.82, 2.24) is 0 Å². The van der Waals surface area contributed by atoms with E-state index in [-0.39, 0.29) is 23.2 Å². The smallest absolute Gasteiger partial charge is 0.271 e. The van der Waals surface area contributed by atoms with Crippen molar-refractivity contribution in [3.05, 3.63) is 32.8 Å². The highest BCUT2D eigenvalue weighted by Crippen LogP contribution is 2.29. The third kappa shape index (κ3) is 3.66. The van der Waals surface area contributed by atoms with E-state index < -0.39 is 14.8 Å². The maximum Gasteiger partial charge on any atom is 0.271 e. The Kier molecular flexibility index (Phi) is 4.10. The summed E-state index contributed by atoms with van der Waals surface area (Å²) >= 11 is 3.33. The van der Waals surface area contributed by atoms with E-state index in [1.54, 1.807) is 6.07 Å². The molecule has 1 N–H and O–H groups in total. The molecule has 0 aliphatic carbocycles. The van der Waals surface area contributed by atoms with Gasteiger partial charge in [0.15, 0.2) is 0 Å². The van der Waals surface area contributed by atoms with Crippen molar-refractivity contribution in [2.45, 2.75) is 18.9 Å². The van der Waals surface area contributed by atoms with Gasteiger partial charge in [-0.1, -0.05) is 0 Å². The van der Waals surface area contributed by atoms with Gasteiger partial charge in [0, 0.05) is 22.6 Å². The number of nitrogens with one attached hydrogen (secondary N) is 1. The molecule has 0 unspecified atom stereocenters. The van der Waals surface area contributed by atoms with Gasteiger partial charge in [-0.2, -0.15) is 0 Å². The van der Waals surface area contributed by atoms with Gasteiger partial charge in [0.1, 0.15) is 9.84 Å². The SMILES string of the molecule is O=[N+]([O-])c1ccc(Br)c(NC2CCS(=O)(=O)CC2)c1. The standard InChI is InChI=1S/C11H13BrN2O4S/c12-10-2-1-9(14(15)16)7-11(10)13-8-3-5-19(17,18)6-4-8/h1-2,7-8,13H,3-6H2. The summed E-state index contributed by atoms with van der Waals surface area (Å²) in [5, 5.41) is 13.9. The zero-order valence-corrected chi connectivity index (χ0v) is 12.4. The first-order valence-electron chi connectivity index (χ1n) is 5.78. The summed E-state index contributed by atoms with van der Waals surface area (Å²) < 4.78 is 23.4. The van der Waals surface area contributed by atoms with E-state index in [1.165, 1.54) is 12.1 Å². The molecular weight excluding hydrogens is 336 g/mol. The summed E-state index contributed by atoms with van der Waals surface area (Å²) in [5.41, 5.74) is 0.632. The molecule has 8 heteroatoms. The molecule has 0 bridgehead atoms. The summed E-state index contributed by atoms with van der Waals surface area (Å²) in [4.78, 5) is 10.3. The second-order valence-electron chi connectivity index (χ2n) is 4.49. The minimum Gasteiger partial charge on any atom is -0.381 e. The quantitative estimate of drug-likeness (QED) is 0.668. The fourth-order valence-corrected chi connectivity index (χ4v) is 3.84. The van der Waals surface area contributed by atoms with E-state index in [0.717, 1.165) is 4.47 Å². The lowest BCUT2D eigenvalue weighted by Gasteiger charge is -2.24. The third-order valence-electron chi connectivity index (χ3n) is 3.08. The van der Waals surface area contributed by atoms with Crippen LogP contribution in [0.1, 0.15) is 12.8 Å². The van der Waals surface area contributed by atoms with Crippen molar-refractivity contribution in [1.29, 1.82) is 0 Å². The van der Waals surface area contributed by atoms with Crippen LogP contribution in [0.3, 0.4) is 0 Å². The Hall–Kier alpha value is -1.15. The molecule has 1 aliphatic rings. The Bertz CT molecular complexity index is 589. The average molecular weight is 349 g/mol. The molecule has 1 saturated heterocycles. The zero-order valence-electron chi connectivity index (χ0n) is 10.0. The molecule has 0 aromatic heterocycles. The molecule has 0 atom stereocenters. The van der Waals surface area contributed by atoms with Gasteiger partial charge in [-0.15, -0.1) is 0 Å². The highest BCUT2D eigenvalue weighted by molar-refractivity contribution is 9.10. The fourth-order valence-electron chi connectivity index (χ4n) is 1.99. The van der Waals surface area contributed by atoms with Gasteiger partial charge in [-0.3, -0.25) is 10.1 Å². The van der Waals surface area contributed by atoms with E-state index in [2.05, 4.69) is 21.2 Å². The van der Waals surface area contributed by atoms with Crippen LogP contribution in [-0.4, -0.2) is 30.9 Å². The lowest BCUT2D eigenvalue weighted by molar-refractivity contribution is -0.384. The van der Waals surface area contributed by atoms with Crippen LogP contribution in [0.2, 0.25) is 0 Å². The van der Waals surface area contributed by atoms with E-state index in [9.17, 15) is 18.5 Å². The maximum atomic E-state index is 11.3. The summed E-state index contributed by atoms with van der Waals surface area (Å²) in [5.74, 6) is 0.328. The molecule has 0 saturated carbocycles. The van der Waals surface area contributed by atoms with E-state index in [0.29, 0.717) is 18.5 Å². The van der Waals surface area contributed by atoms with Crippen LogP contribution in [0.5, 0.6) is 0 Å². The molecule has 1 heterocycles. The Balaban J connectivity index is 2.11. The number of sulfone groups is 1. The first-order valence-corrected chi connectivity index (χ1v) is 8.40. The Labute approximate surface area is 119 Å². The first kappa shape index (κ1) is 14.3. The van der Waals surface area contributed by atoms with E-state index >= 15 is 0 Å². The van der Waals surface area contributed by atoms with Crippen molar-refractivity contribution < 1.29 is 13.3 Å². The molecular formula is C11H13BrN2O4S. The number of non-ortho nitro benzene ring substituents is 1. The molecule has 1 aromatic carbocycles. The van der Waals surface area contributed by atoms with Crippen LogP contribution >= 0.6 is 15.9 Å². The number of nitro benzene ring substituents is 1. The van der Waals surface area contributed by atoms with E-state index in [4.69, 9.17) is 0 Å². The molecule has 2 rings (SSSR count). The van der Waals surface area contributed by atoms with Crippen LogP contribution in [-0.2, 0) is 9.84 Å². The summed E-state index contributed by atoms with van der Waals surface area (Å²) in [6.07, 6.45) is 1.05. The van der Waals surface area contributed by atoms with Crippen LogP contribution in [0.4, 0.5) is 11.4 Å². The van der Waals surface area contributed by atoms with Crippen LogP contribution in [0.25, 0.3) is 0 Å². The van der Waals surface area contributed by atoms with Gasteiger partial charge in [0.25, 0.3) is 5.69 Å². The van der Waals surface area contributed by atoms with Gasteiger partial charge >= 0.3 is 0 Å². The van der Waals surface area contributed by atoms with Gasteiger partial charge in [-0.05, 0) is 34.8 Å². The molecule has 19 heavy (non-hydrogen) atoms. The maximum absolute atomic E-state index is 11.3. The number of benzene rings is 1. The summed E-state index contributed by atoms with van der Waals surface area (Å²) in [6, 6.07) is 4.51. The van der Waals surface area contributed by atoms with Crippen LogP contribution in [0, 0.1) is 10.1 Å². The van der Waals surface area contributed by atoms with Crippen molar-refractivity contribution >= 4 is 37.1 Å². The molecule has 104 valence electrons. The van der Waals surface area contributed by atoms with Crippen LogP contribution < -0.4 is 5.32 Å². The number of halogens is 1. The van der Waals surface area contributed by atoms with E-state index in [1.807, 2.05) is 0 Å². The highest BCUT2D eigenvalue weighted by atomic mass is 79.9. The average Bonchev–Trinajstić information content (AvgIpc) is 2.34. The molecule has 0 amide bonds. The van der Waals surface area contributed by atoms with Crippen molar-refractivity contribution in [2.75, 3.05) is 16.8 Å². The summed E-state index contributed by atoms with van der Waals surface area (Å²) in [6.45, 7) is 0. The second-order valence-corrected chi connectivity index (χ2v) is 7.65. The fraction of sp³-hybridized carbons (Fsp3) is 0.455. The van der Waals surface area contributed by atoms with Crippen LogP contribution in [0.15, 0.2) is 22.7 Å². The number of nitrogens with zero attached hydrogens (tertiary/aromatic N) is 1. The normalized spacial score (nSPS) is 19.0. The topological polar surface area (TPSA) is 89.3 Å². The van der Waals surface area contributed by atoms with Gasteiger partial charge in [0.05, 0.1) is 22.1 Å². The Morgan fingerprint density at radius 3 is 2.53 bits per heavy atom. The lowest BCUT2D eigenvalue weighted by atomic mass is 10.1. The molecule has 0 spiro atoms. The lowest BCUT2D eigenvalue weighted by Crippen LogP contribution is -2.32. The number of nitro groups is 1. The number of hydrogen-bond acceptors (Lipinski definition) is 5. The van der Waals surface area contributed by atoms with Crippen molar-refractivity contribution in [2.24, 2.45) is 0 Å². The molecule has 1 fully saturated rings. The largest absolute Gasteiger partial charge is 0.381 e. The first-order chi connectivity index (χ1) is 8.87. The third-order valence-corrected chi connectivity index (χ3v) is 5.48. The zero-order chi connectivity index (χ0) is 14.0. The van der Waals surface area contributed by atoms with Crippen molar-refractivity contribution in [3.63, 3.8) is 0 Å². The molecule has 1 aromatic rings. The number of rotatable bonds is 3. The molecule has 1 aliphatic heterocycles. The highest BCUT2D eigenvalue weighted by Gasteiger charge is 2.24. The second kappa shape index (κ2) is 5.46. The van der Waals surface area contributed by atoms with Gasteiger partial charge < -0.3 is 5.32 Å². The summed E-state index contributed by atoms with van der Waals surface area (Å²) in [7, 11) is -2.90. The Morgan fingerprint density at radius 2 is 1.95 bits per heavy atom. The van der Waals surface area contributed by atoms with Crippen molar-refractivity contribution in [3.8, 4) is 0 Å². The predicted molar refractivity (Wildman–Crippen MR) is 76.1 cm³/mol. The monoisotopic (exact) mass is 348 g/mol. The van der Waals surface area contributed by atoms with Gasteiger partial charge in [-0.25, -0.2) is 8.42 Å².